The van der Waals surface area contributed by atoms with Crippen LogP contribution in [0, 0.1) is 11.8 Å². The maximum Gasteiger partial charge on any atom is 0.308 e. The molecule has 3 atom stereocenters. The number of aliphatic carboxylic acids is 1. The van der Waals surface area contributed by atoms with Crippen LogP contribution < -0.4 is 9.47 Å². The van der Waals surface area contributed by atoms with Crippen molar-refractivity contribution in [2.75, 3.05) is 33.0 Å². The summed E-state index contributed by atoms with van der Waals surface area (Å²) in [5.74, 6) is -0.0308. The van der Waals surface area contributed by atoms with E-state index in [-0.39, 0.29) is 37.1 Å². The fraction of sp³-hybridized carbons (Fsp3) is 0.680. The van der Waals surface area contributed by atoms with Gasteiger partial charge in [-0.1, -0.05) is 46.6 Å². The van der Waals surface area contributed by atoms with Crippen LogP contribution in [0.4, 0.5) is 0 Å². The summed E-state index contributed by atoms with van der Waals surface area (Å²) in [7, 11) is 0. The highest BCUT2D eigenvalue weighted by Gasteiger charge is 2.48. The molecule has 178 valence electrons. The number of likely N-dealkylation sites (tertiary alicyclic amines) is 1. The largest absolute Gasteiger partial charge is 0.481 e. The first kappa shape index (κ1) is 24.4. The molecule has 1 saturated heterocycles. The summed E-state index contributed by atoms with van der Waals surface area (Å²) in [6.07, 6.45) is 4.06. The van der Waals surface area contributed by atoms with Crippen molar-refractivity contribution in [2.45, 2.75) is 65.3 Å². The number of carboxylic acid groups (broad SMARTS) is 1. The highest BCUT2D eigenvalue weighted by Crippen LogP contribution is 2.43. The number of nitrogens with zero attached hydrogens (tertiary/aromatic N) is 2. The fourth-order valence-electron chi connectivity index (χ4n) is 5.07. The molecule has 7 heteroatoms. The maximum absolute atomic E-state index is 13.3. The van der Waals surface area contributed by atoms with E-state index in [9.17, 15) is 14.7 Å². The molecule has 0 unspecified atom stereocenters. The van der Waals surface area contributed by atoms with Gasteiger partial charge in [0.25, 0.3) is 0 Å². The molecule has 1 N–H and O–H groups in total. The molecule has 1 amide bonds. The standard InChI is InChI=1S/C25H38N2O5/c1-5-7-11-26(12-8-6-2)22(28)15-27-14-19(23(25(29)30)24(27)17(3)4)18-9-10-20-21(13-18)32-16-31-20/h9-10,13,17,19,23-24H,5-8,11-12,14-16H2,1-4H3,(H,29,30)/t19-,23+,24-/m1/s1. The lowest BCUT2D eigenvalue weighted by Gasteiger charge is -2.32. The molecule has 2 aliphatic rings. The first-order chi connectivity index (χ1) is 15.4. The number of amides is 1. The molecule has 2 aliphatic heterocycles. The van der Waals surface area contributed by atoms with E-state index in [1.54, 1.807) is 0 Å². The van der Waals surface area contributed by atoms with Gasteiger partial charge in [0.15, 0.2) is 11.5 Å². The van der Waals surface area contributed by atoms with Gasteiger partial charge < -0.3 is 19.5 Å². The molecule has 1 aromatic rings. The number of rotatable bonds is 11. The maximum atomic E-state index is 13.3. The van der Waals surface area contributed by atoms with E-state index in [0.29, 0.717) is 18.0 Å². The third-order valence-corrected chi connectivity index (χ3v) is 6.70. The van der Waals surface area contributed by atoms with Gasteiger partial charge in [-0.2, -0.15) is 0 Å². The zero-order valence-electron chi connectivity index (χ0n) is 19.9. The summed E-state index contributed by atoms with van der Waals surface area (Å²) < 4.78 is 10.9. The summed E-state index contributed by atoms with van der Waals surface area (Å²) in [6, 6.07) is 5.49. The van der Waals surface area contributed by atoms with Gasteiger partial charge in [0.1, 0.15) is 0 Å². The van der Waals surface area contributed by atoms with Crippen molar-refractivity contribution < 1.29 is 24.2 Å². The number of hydrogen-bond acceptors (Lipinski definition) is 5. The molecular formula is C25H38N2O5. The number of benzene rings is 1. The topological polar surface area (TPSA) is 79.3 Å². The Bertz CT molecular complexity index is 789. The number of unbranched alkanes of at least 4 members (excludes halogenated alkanes) is 2. The van der Waals surface area contributed by atoms with Crippen molar-refractivity contribution in [3.05, 3.63) is 23.8 Å². The van der Waals surface area contributed by atoms with Crippen LogP contribution >= 0.6 is 0 Å². The quantitative estimate of drug-likeness (QED) is 0.554. The lowest BCUT2D eigenvalue weighted by Crippen LogP contribution is -2.46. The Labute approximate surface area is 191 Å². The predicted octanol–water partition coefficient (Wildman–Crippen LogP) is 3.97. The van der Waals surface area contributed by atoms with Crippen LogP contribution in [0.5, 0.6) is 11.5 Å². The van der Waals surface area contributed by atoms with Gasteiger partial charge in [-0.25, -0.2) is 0 Å². The number of hydrogen-bond donors (Lipinski definition) is 1. The minimum atomic E-state index is -0.810. The van der Waals surface area contributed by atoms with Gasteiger partial charge in [0, 0.05) is 31.6 Å². The van der Waals surface area contributed by atoms with Crippen molar-refractivity contribution in [3.63, 3.8) is 0 Å². The van der Waals surface area contributed by atoms with Gasteiger partial charge in [-0.3, -0.25) is 14.5 Å². The van der Waals surface area contributed by atoms with E-state index in [1.165, 1.54) is 0 Å². The third-order valence-electron chi connectivity index (χ3n) is 6.70. The fourth-order valence-corrected chi connectivity index (χ4v) is 5.07. The average molecular weight is 447 g/mol. The Morgan fingerprint density at radius 1 is 1.12 bits per heavy atom. The molecule has 0 radical (unpaired) electrons. The number of ether oxygens (including phenoxy) is 2. The van der Waals surface area contributed by atoms with Crippen LogP contribution in [-0.2, 0) is 9.59 Å². The van der Waals surface area contributed by atoms with Crippen LogP contribution in [0.3, 0.4) is 0 Å². The summed E-state index contributed by atoms with van der Waals surface area (Å²) in [5, 5.41) is 10.2. The zero-order valence-corrected chi connectivity index (χ0v) is 19.9. The summed E-state index contributed by atoms with van der Waals surface area (Å²) in [6.45, 7) is 10.9. The van der Waals surface area contributed by atoms with E-state index in [1.807, 2.05) is 36.9 Å². The molecule has 0 aliphatic carbocycles. The second-order valence-corrected chi connectivity index (χ2v) is 9.34. The molecule has 0 aromatic heterocycles. The smallest absolute Gasteiger partial charge is 0.308 e. The SMILES string of the molecule is CCCCN(CCCC)C(=O)CN1C[C@H](c2ccc3c(c2)OCO3)[C@H](C(=O)O)[C@H]1C(C)C. The van der Waals surface area contributed by atoms with Gasteiger partial charge >= 0.3 is 5.97 Å². The molecule has 1 aromatic carbocycles. The number of carboxylic acids is 1. The molecule has 2 heterocycles. The third kappa shape index (κ3) is 5.37. The number of carbonyl (C=O) groups excluding carboxylic acids is 1. The molecule has 0 spiro atoms. The van der Waals surface area contributed by atoms with Crippen LogP contribution in [-0.4, -0.2) is 65.8 Å². The Hall–Kier alpha value is -2.28. The molecule has 3 rings (SSSR count). The molecule has 7 nitrogen and oxygen atoms in total. The second kappa shape index (κ2) is 11.0. The van der Waals surface area contributed by atoms with E-state index in [0.717, 1.165) is 44.3 Å². The second-order valence-electron chi connectivity index (χ2n) is 9.34. The lowest BCUT2D eigenvalue weighted by atomic mass is 9.81. The Kier molecular flexibility index (Phi) is 8.40. The molecule has 0 saturated carbocycles. The minimum Gasteiger partial charge on any atom is -0.481 e. The van der Waals surface area contributed by atoms with Crippen molar-refractivity contribution >= 4 is 11.9 Å². The zero-order chi connectivity index (χ0) is 23.3. The van der Waals surface area contributed by atoms with Crippen LogP contribution in [0.15, 0.2) is 18.2 Å². The molecular weight excluding hydrogens is 408 g/mol. The van der Waals surface area contributed by atoms with Crippen LogP contribution in [0.25, 0.3) is 0 Å². The minimum absolute atomic E-state index is 0.105. The van der Waals surface area contributed by atoms with Gasteiger partial charge in [-0.15, -0.1) is 0 Å². The summed E-state index contributed by atoms with van der Waals surface area (Å²) in [4.78, 5) is 29.7. The van der Waals surface area contributed by atoms with Crippen LogP contribution in [0.1, 0.15) is 64.9 Å². The van der Waals surface area contributed by atoms with E-state index >= 15 is 0 Å². The van der Waals surface area contributed by atoms with Gasteiger partial charge in [-0.05, 0) is 36.5 Å². The highest BCUT2D eigenvalue weighted by molar-refractivity contribution is 5.79. The Balaban J connectivity index is 1.83. The highest BCUT2D eigenvalue weighted by atomic mass is 16.7. The Morgan fingerprint density at radius 3 is 2.38 bits per heavy atom. The van der Waals surface area contributed by atoms with Crippen molar-refractivity contribution in [3.8, 4) is 11.5 Å². The first-order valence-electron chi connectivity index (χ1n) is 12.0. The predicted molar refractivity (Wildman–Crippen MR) is 123 cm³/mol. The van der Waals surface area contributed by atoms with Gasteiger partial charge in [0.2, 0.25) is 12.7 Å². The molecule has 1 fully saturated rings. The summed E-state index contributed by atoms with van der Waals surface area (Å²) in [5.41, 5.74) is 0.927. The van der Waals surface area contributed by atoms with Gasteiger partial charge in [0.05, 0.1) is 12.5 Å². The summed E-state index contributed by atoms with van der Waals surface area (Å²) >= 11 is 0. The normalized spacial score (nSPS) is 22.5. The van der Waals surface area contributed by atoms with E-state index in [2.05, 4.69) is 18.7 Å². The van der Waals surface area contributed by atoms with E-state index < -0.39 is 11.9 Å². The van der Waals surface area contributed by atoms with Crippen molar-refractivity contribution in [2.24, 2.45) is 11.8 Å². The number of fused-ring (bicyclic) bond motifs is 1. The first-order valence-corrected chi connectivity index (χ1v) is 12.0. The van der Waals surface area contributed by atoms with Crippen LogP contribution in [0.2, 0.25) is 0 Å². The van der Waals surface area contributed by atoms with E-state index in [4.69, 9.17) is 9.47 Å². The molecule has 32 heavy (non-hydrogen) atoms. The average Bonchev–Trinajstić information content (AvgIpc) is 3.37. The van der Waals surface area contributed by atoms with Crippen molar-refractivity contribution in [1.29, 1.82) is 0 Å². The Morgan fingerprint density at radius 2 is 1.78 bits per heavy atom. The monoisotopic (exact) mass is 446 g/mol. The lowest BCUT2D eigenvalue weighted by molar-refractivity contribution is -0.144. The molecule has 0 bridgehead atoms. The number of carbonyl (C=O) groups is 2. The van der Waals surface area contributed by atoms with Crippen molar-refractivity contribution in [1.82, 2.24) is 9.80 Å².